The monoisotopic (exact) mass is 538 g/mol. The number of amides is 2. The van der Waals surface area contributed by atoms with Crippen LogP contribution in [-0.4, -0.2) is 99.2 Å². The summed E-state index contributed by atoms with van der Waals surface area (Å²) in [6.45, 7) is 7.23. The molecule has 0 aromatic heterocycles. The second kappa shape index (κ2) is 11.5. The number of piperidine rings is 1. The van der Waals surface area contributed by atoms with Gasteiger partial charge < -0.3 is 19.3 Å². The van der Waals surface area contributed by atoms with Gasteiger partial charge in [0.1, 0.15) is 6.10 Å². The van der Waals surface area contributed by atoms with E-state index in [2.05, 4.69) is 30.9 Å². The van der Waals surface area contributed by atoms with Crippen molar-refractivity contribution in [3.63, 3.8) is 0 Å². The fraction of sp³-hybridized carbons (Fsp3) is 0.680. The lowest BCUT2D eigenvalue weighted by atomic mass is 9.79. The van der Waals surface area contributed by atoms with Gasteiger partial charge in [-0.2, -0.15) is 4.31 Å². The molecule has 0 radical (unpaired) electrons. The predicted molar refractivity (Wildman–Crippen MR) is 137 cm³/mol. The van der Waals surface area contributed by atoms with Crippen molar-refractivity contribution in [1.82, 2.24) is 14.7 Å². The molecule has 1 atom stereocenters. The average molecular weight is 539 g/mol. The summed E-state index contributed by atoms with van der Waals surface area (Å²) >= 11 is 0. The van der Waals surface area contributed by atoms with Gasteiger partial charge >= 0.3 is 6.09 Å². The van der Waals surface area contributed by atoms with Crippen LogP contribution in [0.1, 0.15) is 44.6 Å². The molecule has 3 aliphatic heterocycles. The molecule has 0 aliphatic carbocycles. The summed E-state index contributed by atoms with van der Waals surface area (Å²) in [5, 5.41) is 9.41. The van der Waals surface area contributed by atoms with E-state index in [0.717, 1.165) is 5.69 Å². The summed E-state index contributed by atoms with van der Waals surface area (Å²) in [5.74, 6) is -0.757. The zero-order chi connectivity index (χ0) is 26.6. The standard InChI is InChI=1S/C25H38N4O7S/c1-19(2)20-4-3-5-21(16-20)27-11-13-29(14-12-27)37(33,34)18-25(23(30)26-32)7-9-28(10-8-25)24(31)36-22-6-15-35-17-22/h3-5,16,19,22,32H,6-15,17-18H2,1-2H3,(H,26,30)/t22-/m0/s1. The summed E-state index contributed by atoms with van der Waals surface area (Å²) < 4.78 is 39.0. The number of hydrogen-bond acceptors (Lipinski definition) is 8. The number of nitrogens with one attached hydrogen (secondary N) is 1. The molecule has 3 saturated heterocycles. The molecule has 0 bridgehead atoms. The lowest BCUT2D eigenvalue weighted by molar-refractivity contribution is -0.141. The van der Waals surface area contributed by atoms with Crippen molar-refractivity contribution in [2.45, 2.75) is 45.1 Å². The van der Waals surface area contributed by atoms with E-state index in [1.54, 1.807) is 5.48 Å². The molecule has 37 heavy (non-hydrogen) atoms. The Hall–Kier alpha value is -2.41. The van der Waals surface area contributed by atoms with E-state index in [4.69, 9.17) is 9.47 Å². The number of hydroxylamine groups is 1. The SMILES string of the molecule is CC(C)c1cccc(N2CCN(S(=O)(=O)CC3(C(=O)NO)CCN(C(=O)O[C@H]4CCOC4)CC3)CC2)c1. The molecule has 3 fully saturated rings. The van der Waals surface area contributed by atoms with Gasteiger partial charge in [-0.25, -0.2) is 18.7 Å². The zero-order valence-corrected chi connectivity index (χ0v) is 22.4. The van der Waals surface area contributed by atoms with Crippen molar-refractivity contribution < 1.29 is 32.7 Å². The van der Waals surface area contributed by atoms with Gasteiger partial charge in [-0.15, -0.1) is 0 Å². The Bertz CT molecular complexity index is 1060. The highest BCUT2D eigenvalue weighted by Crippen LogP contribution is 2.35. The third kappa shape index (κ3) is 6.36. The summed E-state index contributed by atoms with van der Waals surface area (Å²) in [6, 6.07) is 8.30. The van der Waals surface area contributed by atoms with Gasteiger partial charge in [0.15, 0.2) is 0 Å². The Morgan fingerprint density at radius 2 is 1.86 bits per heavy atom. The largest absolute Gasteiger partial charge is 0.444 e. The molecule has 3 heterocycles. The maximum atomic E-state index is 13.4. The summed E-state index contributed by atoms with van der Waals surface area (Å²) in [4.78, 5) is 28.9. The van der Waals surface area contributed by atoms with Gasteiger partial charge in [-0.3, -0.25) is 10.0 Å². The molecule has 3 aliphatic rings. The number of hydrogen-bond donors (Lipinski definition) is 2. The first kappa shape index (κ1) is 27.6. The molecule has 0 saturated carbocycles. The van der Waals surface area contributed by atoms with E-state index in [9.17, 15) is 23.2 Å². The number of ether oxygens (including phenoxy) is 2. The number of nitrogens with zero attached hydrogens (tertiary/aromatic N) is 3. The molecular formula is C25H38N4O7S. The lowest BCUT2D eigenvalue weighted by Gasteiger charge is -2.41. The molecule has 1 aromatic rings. The van der Waals surface area contributed by atoms with E-state index in [-0.39, 0.29) is 32.0 Å². The molecule has 11 nitrogen and oxygen atoms in total. The lowest BCUT2D eigenvalue weighted by Crippen LogP contribution is -2.56. The van der Waals surface area contributed by atoms with Crippen LogP contribution in [0.4, 0.5) is 10.5 Å². The summed E-state index contributed by atoms with van der Waals surface area (Å²) in [5.41, 5.74) is 2.64. The minimum absolute atomic E-state index is 0.108. The number of benzene rings is 1. The van der Waals surface area contributed by atoms with Crippen molar-refractivity contribution in [2.24, 2.45) is 5.41 Å². The quantitative estimate of drug-likeness (QED) is 0.397. The van der Waals surface area contributed by atoms with Crippen LogP contribution in [-0.2, 0) is 24.3 Å². The maximum Gasteiger partial charge on any atom is 0.410 e. The van der Waals surface area contributed by atoms with E-state index in [1.165, 1.54) is 14.8 Å². The van der Waals surface area contributed by atoms with Gasteiger partial charge in [-0.05, 0) is 36.5 Å². The molecule has 0 unspecified atom stereocenters. The molecule has 2 amide bonds. The Labute approximate surface area is 218 Å². The Morgan fingerprint density at radius 1 is 1.16 bits per heavy atom. The Morgan fingerprint density at radius 3 is 2.46 bits per heavy atom. The van der Waals surface area contributed by atoms with Crippen molar-refractivity contribution in [1.29, 1.82) is 0 Å². The van der Waals surface area contributed by atoms with E-state index in [0.29, 0.717) is 51.7 Å². The fourth-order valence-electron chi connectivity index (χ4n) is 5.24. The number of likely N-dealkylation sites (tertiary alicyclic amines) is 1. The minimum atomic E-state index is -3.80. The third-order valence-electron chi connectivity index (χ3n) is 7.71. The van der Waals surface area contributed by atoms with Crippen LogP contribution in [0.15, 0.2) is 24.3 Å². The number of sulfonamides is 1. The molecular weight excluding hydrogens is 500 g/mol. The summed E-state index contributed by atoms with van der Waals surface area (Å²) in [6.07, 6.45) is 0.0829. The molecule has 1 aromatic carbocycles. The molecule has 12 heteroatoms. The van der Waals surface area contributed by atoms with Crippen LogP contribution >= 0.6 is 0 Å². The molecule has 206 valence electrons. The van der Waals surface area contributed by atoms with Gasteiger partial charge in [0, 0.05) is 51.4 Å². The van der Waals surface area contributed by atoms with Crippen molar-refractivity contribution in [2.75, 3.05) is 63.1 Å². The van der Waals surface area contributed by atoms with Gasteiger partial charge in [0.05, 0.1) is 24.4 Å². The maximum absolute atomic E-state index is 13.4. The first-order chi connectivity index (χ1) is 17.6. The van der Waals surface area contributed by atoms with Crippen LogP contribution in [0, 0.1) is 5.41 Å². The molecule has 2 N–H and O–H groups in total. The highest BCUT2D eigenvalue weighted by molar-refractivity contribution is 7.89. The zero-order valence-electron chi connectivity index (χ0n) is 21.6. The smallest absolute Gasteiger partial charge is 0.410 e. The Balaban J connectivity index is 1.37. The first-order valence-electron chi connectivity index (χ1n) is 12.9. The number of anilines is 1. The highest BCUT2D eigenvalue weighted by atomic mass is 32.2. The number of carbonyl (C=O) groups is 2. The van der Waals surface area contributed by atoms with Crippen molar-refractivity contribution >= 4 is 27.7 Å². The summed E-state index contributed by atoms with van der Waals surface area (Å²) in [7, 11) is -3.80. The topological polar surface area (TPSA) is 129 Å². The van der Waals surface area contributed by atoms with Crippen LogP contribution in [0.25, 0.3) is 0 Å². The molecule has 0 spiro atoms. The second-order valence-corrected chi connectivity index (χ2v) is 12.4. The van der Waals surface area contributed by atoms with Crippen molar-refractivity contribution in [3.8, 4) is 0 Å². The highest BCUT2D eigenvalue weighted by Gasteiger charge is 2.47. The van der Waals surface area contributed by atoms with E-state index >= 15 is 0 Å². The average Bonchev–Trinajstić information content (AvgIpc) is 3.41. The number of rotatable bonds is 7. The van der Waals surface area contributed by atoms with E-state index < -0.39 is 33.2 Å². The predicted octanol–water partition coefficient (Wildman–Crippen LogP) is 1.77. The number of piperazine rings is 1. The second-order valence-electron chi connectivity index (χ2n) is 10.5. The fourth-order valence-corrected chi connectivity index (χ4v) is 7.26. The van der Waals surface area contributed by atoms with Crippen LogP contribution < -0.4 is 10.4 Å². The molecule has 4 rings (SSSR count). The first-order valence-corrected chi connectivity index (χ1v) is 14.5. The van der Waals surface area contributed by atoms with Gasteiger partial charge in [0.25, 0.3) is 5.91 Å². The van der Waals surface area contributed by atoms with Gasteiger partial charge in [-0.1, -0.05) is 26.0 Å². The van der Waals surface area contributed by atoms with Crippen LogP contribution in [0.2, 0.25) is 0 Å². The number of carbonyl (C=O) groups excluding carboxylic acids is 2. The van der Waals surface area contributed by atoms with Crippen LogP contribution in [0.5, 0.6) is 0 Å². The van der Waals surface area contributed by atoms with Gasteiger partial charge in [0.2, 0.25) is 10.0 Å². The normalized spacial score (nSPS) is 22.8. The Kier molecular flexibility index (Phi) is 8.62. The third-order valence-corrected chi connectivity index (χ3v) is 9.78. The van der Waals surface area contributed by atoms with Crippen molar-refractivity contribution in [3.05, 3.63) is 29.8 Å². The van der Waals surface area contributed by atoms with E-state index in [1.807, 2.05) is 12.1 Å². The van der Waals surface area contributed by atoms with Crippen LogP contribution in [0.3, 0.4) is 0 Å². The minimum Gasteiger partial charge on any atom is -0.444 e.